The number of aliphatic hydroxyl groups excluding tert-OH is 1. The SMILES string of the molecule is O=C(NC1CCCC2C(O)CCCC12)c1cccc(Cl)c1O. The van der Waals surface area contributed by atoms with Crippen molar-refractivity contribution in [3.63, 3.8) is 0 Å². The molecule has 5 heteroatoms. The molecule has 0 heterocycles. The maximum Gasteiger partial charge on any atom is 0.255 e. The molecule has 0 saturated heterocycles. The van der Waals surface area contributed by atoms with Crippen LogP contribution in [0.2, 0.25) is 5.02 Å². The number of amides is 1. The fourth-order valence-electron chi connectivity index (χ4n) is 4.09. The highest BCUT2D eigenvalue weighted by Gasteiger charge is 2.40. The predicted molar refractivity (Wildman–Crippen MR) is 85.1 cm³/mol. The number of rotatable bonds is 2. The van der Waals surface area contributed by atoms with E-state index in [-0.39, 0.29) is 34.4 Å². The quantitative estimate of drug-likeness (QED) is 0.783. The van der Waals surface area contributed by atoms with Crippen LogP contribution in [0.25, 0.3) is 0 Å². The van der Waals surface area contributed by atoms with E-state index in [1.54, 1.807) is 18.2 Å². The summed E-state index contributed by atoms with van der Waals surface area (Å²) in [5.41, 5.74) is 0.214. The van der Waals surface area contributed by atoms with Gasteiger partial charge in [-0.05, 0) is 49.7 Å². The van der Waals surface area contributed by atoms with Crippen LogP contribution in [0.3, 0.4) is 0 Å². The van der Waals surface area contributed by atoms with Crippen molar-refractivity contribution in [2.24, 2.45) is 11.8 Å². The molecular formula is C17H22ClNO3. The molecule has 3 N–H and O–H groups in total. The average Bonchev–Trinajstić information content (AvgIpc) is 2.51. The highest BCUT2D eigenvalue weighted by molar-refractivity contribution is 6.32. The highest BCUT2D eigenvalue weighted by atomic mass is 35.5. The Labute approximate surface area is 135 Å². The number of fused-ring (bicyclic) bond motifs is 1. The third-order valence-electron chi connectivity index (χ3n) is 5.20. The monoisotopic (exact) mass is 323 g/mol. The number of hydrogen-bond acceptors (Lipinski definition) is 3. The first-order chi connectivity index (χ1) is 10.6. The van der Waals surface area contributed by atoms with Gasteiger partial charge in [-0.2, -0.15) is 0 Å². The minimum absolute atomic E-state index is 0.0691. The second-order valence-corrected chi connectivity index (χ2v) is 6.88. The molecule has 3 rings (SSSR count). The summed E-state index contributed by atoms with van der Waals surface area (Å²) in [5, 5.41) is 23.4. The van der Waals surface area contributed by atoms with Gasteiger partial charge in [0.2, 0.25) is 0 Å². The number of nitrogens with one attached hydrogen (secondary N) is 1. The lowest BCUT2D eigenvalue weighted by molar-refractivity contribution is -0.00365. The maximum atomic E-state index is 12.4. The summed E-state index contributed by atoms with van der Waals surface area (Å²) in [6, 6.07) is 4.86. The molecule has 4 atom stereocenters. The van der Waals surface area contributed by atoms with Gasteiger partial charge in [-0.1, -0.05) is 30.5 Å². The van der Waals surface area contributed by atoms with Gasteiger partial charge in [0.05, 0.1) is 16.7 Å². The molecule has 4 unspecified atom stereocenters. The van der Waals surface area contributed by atoms with Gasteiger partial charge in [0.25, 0.3) is 5.91 Å². The first-order valence-corrected chi connectivity index (χ1v) is 8.42. The standard InChI is InChI=1S/C17H22ClNO3/c18-13-7-1-6-12(16(13)21)17(22)19-14-8-2-5-11-10(14)4-3-9-15(11)20/h1,6-7,10-11,14-15,20-21H,2-5,8-9H2,(H,19,22). The predicted octanol–water partition coefficient (Wildman–Crippen LogP) is 3.11. The van der Waals surface area contributed by atoms with Crippen molar-refractivity contribution in [3.8, 4) is 5.75 Å². The number of para-hydroxylation sites is 1. The number of aromatic hydroxyl groups is 1. The molecule has 1 aromatic rings. The molecule has 2 aliphatic rings. The number of phenolic OH excluding ortho intramolecular Hbond substituents is 1. The molecule has 0 aromatic heterocycles. The molecule has 0 bridgehead atoms. The Morgan fingerprint density at radius 1 is 1.14 bits per heavy atom. The van der Waals surface area contributed by atoms with E-state index in [0.717, 1.165) is 38.5 Å². The van der Waals surface area contributed by atoms with Gasteiger partial charge < -0.3 is 15.5 Å². The van der Waals surface area contributed by atoms with Gasteiger partial charge in [0, 0.05) is 6.04 Å². The zero-order chi connectivity index (χ0) is 15.7. The molecule has 2 fully saturated rings. The number of benzene rings is 1. The van der Waals surface area contributed by atoms with Crippen LogP contribution in [0.4, 0.5) is 0 Å². The number of carbonyl (C=O) groups is 1. The van der Waals surface area contributed by atoms with E-state index in [4.69, 9.17) is 11.6 Å². The molecule has 1 amide bonds. The minimum atomic E-state index is -0.286. The first-order valence-electron chi connectivity index (χ1n) is 8.04. The Bertz CT molecular complexity index is 563. The van der Waals surface area contributed by atoms with Gasteiger partial charge in [-0.15, -0.1) is 0 Å². The van der Waals surface area contributed by atoms with Crippen molar-refractivity contribution < 1.29 is 15.0 Å². The van der Waals surface area contributed by atoms with Crippen LogP contribution in [0.5, 0.6) is 5.75 Å². The fourth-order valence-corrected chi connectivity index (χ4v) is 4.27. The second kappa shape index (κ2) is 6.47. The molecule has 120 valence electrons. The van der Waals surface area contributed by atoms with Crippen molar-refractivity contribution in [1.29, 1.82) is 0 Å². The van der Waals surface area contributed by atoms with E-state index in [9.17, 15) is 15.0 Å². The van der Waals surface area contributed by atoms with E-state index in [0.29, 0.717) is 11.8 Å². The number of aliphatic hydroxyl groups is 1. The molecule has 0 spiro atoms. The molecular weight excluding hydrogens is 302 g/mol. The van der Waals surface area contributed by atoms with Crippen molar-refractivity contribution in [1.82, 2.24) is 5.32 Å². The Balaban J connectivity index is 1.74. The van der Waals surface area contributed by atoms with Crippen LogP contribution in [0.1, 0.15) is 48.9 Å². The number of phenols is 1. The van der Waals surface area contributed by atoms with Crippen LogP contribution in [0.15, 0.2) is 18.2 Å². The van der Waals surface area contributed by atoms with Crippen LogP contribution in [-0.2, 0) is 0 Å². The van der Waals surface area contributed by atoms with E-state index in [1.165, 1.54) is 0 Å². The van der Waals surface area contributed by atoms with Crippen LogP contribution in [0, 0.1) is 11.8 Å². The van der Waals surface area contributed by atoms with Crippen LogP contribution in [-0.4, -0.2) is 28.3 Å². The maximum absolute atomic E-state index is 12.4. The van der Waals surface area contributed by atoms with Gasteiger partial charge in [0.15, 0.2) is 0 Å². The molecule has 0 radical (unpaired) electrons. The smallest absolute Gasteiger partial charge is 0.255 e. The molecule has 0 aliphatic heterocycles. The van der Waals surface area contributed by atoms with Gasteiger partial charge in [-0.3, -0.25) is 4.79 Å². The number of halogens is 1. The van der Waals surface area contributed by atoms with E-state index >= 15 is 0 Å². The van der Waals surface area contributed by atoms with Crippen molar-refractivity contribution in [2.45, 2.75) is 50.7 Å². The lowest BCUT2D eigenvalue weighted by Gasteiger charge is -2.44. The largest absolute Gasteiger partial charge is 0.506 e. The second-order valence-electron chi connectivity index (χ2n) is 6.47. The first kappa shape index (κ1) is 15.6. The molecule has 4 nitrogen and oxygen atoms in total. The number of carbonyl (C=O) groups excluding carboxylic acids is 1. The molecule has 2 saturated carbocycles. The third-order valence-corrected chi connectivity index (χ3v) is 5.50. The Hall–Kier alpha value is -1.26. The summed E-state index contributed by atoms with van der Waals surface area (Å²) in [5.74, 6) is 0.173. The molecule has 22 heavy (non-hydrogen) atoms. The summed E-state index contributed by atoms with van der Waals surface area (Å²) < 4.78 is 0. The normalized spacial score (nSPS) is 31.4. The van der Waals surface area contributed by atoms with Gasteiger partial charge in [-0.25, -0.2) is 0 Å². The zero-order valence-corrected chi connectivity index (χ0v) is 13.2. The summed E-state index contributed by atoms with van der Waals surface area (Å²) in [4.78, 5) is 12.4. The summed E-state index contributed by atoms with van der Waals surface area (Å²) in [6.45, 7) is 0. The summed E-state index contributed by atoms with van der Waals surface area (Å²) >= 11 is 5.87. The minimum Gasteiger partial charge on any atom is -0.506 e. The molecule has 1 aromatic carbocycles. The van der Waals surface area contributed by atoms with E-state index in [1.807, 2.05) is 0 Å². The summed E-state index contributed by atoms with van der Waals surface area (Å²) in [6.07, 6.45) is 5.69. The zero-order valence-electron chi connectivity index (χ0n) is 12.5. The summed E-state index contributed by atoms with van der Waals surface area (Å²) in [7, 11) is 0. The fraction of sp³-hybridized carbons (Fsp3) is 0.588. The Kier molecular flexibility index (Phi) is 4.59. The Morgan fingerprint density at radius 2 is 1.86 bits per heavy atom. The molecule has 2 aliphatic carbocycles. The average molecular weight is 324 g/mol. The third kappa shape index (κ3) is 2.95. The lowest BCUT2D eigenvalue weighted by atomic mass is 9.67. The van der Waals surface area contributed by atoms with Crippen molar-refractivity contribution >= 4 is 17.5 Å². The highest BCUT2D eigenvalue weighted by Crippen LogP contribution is 2.41. The number of hydrogen-bond donors (Lipinski definition) is 3. The van der Waals surface area contributed by atoms with Crippen LogP contribution < -0.4 is 5.32 Å². The van der Waals surface area contributed by atoms with Crippen molar-refractivity contribution in [3.05, 3.63) is 28.8 Å². The van der Waals surface area contributed by atoms with E-state index < -0.39 is 0 Å². The van der Waals surface area contributed by atoms with Gasteiger partial charge in [0.1, 0.15) is 5.75 Å². The Morgan fingerprint density at radius 3 is 2.68 bits per heavy atom. The van der Waals surface area contributed by atoms with Crippen molar-refractivity contribution in [2.75, 3.05) is 0 Å². The van der Waals surface area contributed by atoms with Crippen LogP contribution >= 0.6 is 11.6 Å². The lowest BCUT2D eigenvalue weighted by Crippen LogP contribution is -2.49. The van der Waals surface area contributed by atoms with E-state index in [2.05, 4.69) is 5.32 Å². The topological polar surface area (TPSA) is 69.6 Å². The van der Waals surface area contributed by atoms with Gasteiger partial charge >= 0.3 is 0 Å².